The van der Waals surface area contributed by atoms with Crippen LogP contribution in [0.25, 0.3) is 0 Å². The van der Waals surface area contributed by atoms with Gasteiger partial charge in [-0.3, -0.25) is 0 Å². The van der Waals surface area contributed by atoms with Gasteiger partial charge in [0.25, 0.3) is 0 Å². The smallest absolute Gasteiger partial charge is 0.336 e. The van der Waals surface area contributed by atoms with Gasteiger partial charge in [0, 0.05) is 12.0 Å². The lowest BCUT2D eigenvalue weighted by Gasteiger charge is -2.23. The maximum Gasteiger partial charge on any atom is 0.336 e. The fraction of sp³-hybridized carbons (Fsp3) is 0.682. The van der Waals surface area contributed by atoms with Crippen LogP contribution >= 0.6 is 0 Å². The molecule has 0 heterocycles. The van der Waals surface area contributed by atoms with E-state index in [0.29, 0.717) is 6.42 Å². The molecule has 0 bridgehead atoms. The zero-order valence-electron chi connectivity index (χ0n) is 16.3. The number of hydrogen-bond acceptors (Lipinski definition) is 3. The van der Waals surface area contributed by atoms with Gasteiger partial charge in [0.2, 0.25) is 0 Å². The SMILES string of the molecule is CCCCCCCCCCCCCCC(O)(O)c1ccccc1C(=O)O. The summed E-state index contributed by atoms with van der Waals surface area (Å²) in [7, 11) is 0. The van der Waals surface area contributed by atoms with Gasteiger partial charge < -0.3 is 15.3 Å². The molecule has 0 fully saturated rings. The molecular formula is C22H36O4. The predicted octanol–water partition coefficient (Wildman–Crippen LogP) is 5.61. The molecule has 0 aliphatic rings. The summed E-state index contributed by atoms with van der Waals surface area (Å²) in [4.78, 5) is 11.2. The average molecular weight is 365 g/mol. The number of benzene rings is 1. The lowest BCUT2D eigenvalue weighted by atomic mass is 9.94. The average Bonchev–Trinajstić information content (AvgIpc) is 2.62. The van der Waals surface area contributed by atoms with E-state index in [4.69, 9.17) is 0 Å². The van der Waals surface area contributed by atoms with Gasteiger partial charge in [-0.2, -0.15) is 0 Å². The van der Waals surface area contributed by atoms with Crippen molar-refractivity contribution in [3.05, 3.63) is 35.4 Å². The lowest BCUT2D eigenvalue weighted by Crippen LogP contribution is -2.27. The molecule has 1 rings (SSSR count). The highest BCUT2D eigenvalue weighted by Gasteiger charge is 2.29. The molecule has 0 radical (unpaired) electrons. The number of carbonyl (C=O) groups is 1. The first kappa shape index (κ1) is 22.7. The molecule has 0 amide bonds. The Kier molecular flexibility index (Phi) is 11.2. The Labute approximate surface area is 158 Å². The molecule has 0 unspecified atom stereocenters. The molecule has 3 N–H and O–H groups in total. The van der Waals surface area contributed by atoms with Crippen molar-refractivity contribution >= 4 is 5.97 Å². The van der Waals surface area contributed by atoms with Crippen LogP contribution in [0.1, 0.15) is 106 Å². The lowest BCUT2D eigenvalue weighted by molar-refractivity contribution is -0.175. The number of carboxylic acids is 1. The molecule has 0 aromatic heterocycles. The van der Waals surface area contributed by atoms with Gasteiger partial charge in [0.05, 0.1) is 5.56 Å². The molecule has 0 aliphatic carbocycles. The van der Waals surface area contributed by atoms with Gasteiger partial charge in [0.15, 0.2) is 5.79 Å². The number of aliphatic hydroxyl groups is 2. The molecule has 4 heteroatoms. The third-order valence-corrected chi connectivity index (χ3v) is 4.97. The van der Waals surface area contributed by atoms with Crippen molar-refractivity contribution in [1.29, 1.82) is 0 Å². The first-order chi connectivity index (χ1) is 12.5. The molecule has 0 atom stereocenters. The third-order valence-electron chi connectivity index (χ3n) is 4.97. The standard InChI is InChI=1S/C22H36O4/c1-2-3-4-5-6-7-8-9-10-11-12-15-18-22(25,26)20-17-14-13-16-19(20)21(23)24/h13-14,16-17,25-26H,2-12,15,18H2,1H3,(H,23,24). The van der Waals surface area contributed by atoms with E-state index in [-0.39, 0.29) is 17.5 Å². The van der Waals surface area contributed by atoms with Gasteiger partial charge in [-0.05, 0) is 12.5 Å². The summed E-state index contributed by atoms with van der Waals surface area (Å²) < 4.78 is 0. The molecule has 0 saturated carbocycles. The van der Waals surface area contributed by atoms with Gasteiger partial charge in [0.1, 0.15) is 0 Å². The van der Waals surface area contributed by atoms with E-state index in [1.165, 1.54) is 69.9 Å². The van der Waals surface area contributed by atoms with Crippen molar-refractivity contribution in [3.8, 4) is 0 Å². The fourth-order valence-corrected chi connectivity index (χ4v) is 3.37. The van der Waals surface area contributed by atoms with E-state index < -0.39 is 11.8 Å². The zero-order chi connectivity index (χ0) is 19.3. The second-order valence-electron chi connectivity index (χ2n) is 7.31. The van der Waals surface area contributed by atoms with Crippen LogP contribution < -0.4 is 0 Å². The van der Waals surface area contributed by atoms with Crippen LogP contribution in [0, 0.1) is 0 Å². The number of rotatable bonds is 15. The van der Waals surface area contributed by atoms with Crippen molar-refractivity contribution in [2.75, 3.05) is 0 Å². The summed E-state index contributed by atoms with van der Waals surface area (Å²) in [5, 5.41) is 29.7. The summed E-state index contributed by atoms with van der Waals surface area (Å²) >= 11 is 0. The second-order valence-corrected chi connectivity index (χ2v) is 7.31. The number of unbranched alkanes of at least 4 members (excludes halogenated alkanes) is 11. The van der Waals surface area contributed by atoms with Crippen LogP contribution in [-0.4, -0.2) is 21.3 Å². The Morgan fingerprint density at radius 1 is 0.808 bits per heavy atom. The van der Waals surface area contributed by atoms with Crippen molar-refractivity contribution < 1.29 is 20.1 Å². The Balaban J connectivity index is 2.15. The molecule has 0 aliphatic heterocycles. The molecule has 26 heavy (non-hydrogen) atoms. The zero-order valence-corrected chi connectivity index (χ0v) is 16.3. The van der Waals surface area contributed by atoms with Gasteiger partial charge >= 0.3 is 5.97 Å². The second kappa shape index (κ2) is 12.9. The van der Waals surface area contributed by atoms with Gasteiger partial charge in [-0.25, -0.2) is 4.79 Å². The molecule has 4 nitrogen and oxygen atoms in total. The van der Waals surface area contributed by atoms with Crippen molar-refractivity contribution in [3.63, 3.8) is 0 Å². The molecule has 1 aromatic carbocycles. The van der Waals surface area contributed by atoms with Crippen LogP contribution in [0.15, 0.2) is 24.3 Å². The number of hydrogen-bond donors (Lipinski definition) is 3. The highest BCUT2D eigenvalue weighted by molar-refractivity contribution is 5.89. The Hall–Kier alpha value is -1.39. The van der Waals surface area contributed by atoms with Gasteiger partial charge in [-0.1, -0.05) is 95.8 Å². The van der Waals surface area contributed by atoms with Crippen LogP contribution in [0.4, 0.5) is 0 Å². The first-order valence-corrected chi connectivity index (χ1v) is 10.3. The van der Waals surface area contributed by atoms with E-state index in [2.05, 4.69) is 6.92 Å². The summed E-state index contributed by atoms with van der Waals surface area (Å²) in [5.41, 5.74) is 0.0343. The van der Waals surface area contributed by atoms with Crippen molar-refractivity contribution in [2.45, 2.75) is 96.2 Å². The highest BCUT2D eigenvalue weighted by atomic mass is 16.5. The fourth-order valence-electron chi connectivity index (χ4n) is 3.37. The minimum Gasteiger partial charge on any atom is -0.478 e. The Bertz CT molecular complexity index is 511. The van der Waals surface area contributed by atoms with Crippen LogP contribution in [0.3, 0.4) is 0 Å². The molecule has 1 aromatic rings. The monoisotopic (exact) mass is 364 g/mol. The van der Waals surface area contributed by atoms with Crippen LogP contribution in [-0.2, 0) is 5.79 Å². The maximum atomic E-state index is 11.2. The normalized spacial score (nSPS) is 11.7. The van der Waals surface area contributed by atoms with E-state index in [0.717, 1.165) is 12.8 Å². The molecule has 0 saturated heterocycles. The maximum absolute atomic E-state index is 11.2. The van der Waals surface area contributed by atoms with Crippen LogP contribution in [0.5, 0.6) is 0 Å². The summed E-state index contributed by atoms with van der Waals surface area (Å²) in [5.74, 6) is -3.21. The predicted molar refractivity (Wildman–Crippen MR) is 105 cm³/mol. The quantitative estimate of drug-likeness (QED) is 0.279. The Morgan fingerprint density at radius 2 is 1.27 bits per heavy atom. The summed E-state index contributed by atoms with van der Waals surface area (Å²) in [6.45, 7) is 2.24. The highest BCUT2D eigenvalue weighted by Crippen LogP contribution is 2.28. The minimum atomic E-state index is -2.08. The topological polar surface area (TPSA) is 77.8 Å². The summed E-state index contributed by atoms with van der Waals surface area (Å²) in [6.07, 6.45) is 14.7. The van der Waals surface area contributed by atoms with E-state index in [1.807, 2.05) is 0 Å². The minimum absolute atomic E-state index is 0.0450. The first-order valence-electron chi connectivity index (χ1n) is 10.3. The Morgan fingerprint density at radius 3 is 1.77 bits per heavy atom. The third kappa shape index (κ3) is 8.81. The molecule has 0 spiro atoms. The van der Waals surface area contributed by atoms with Crippen molar-refractivity contribution in [1.82, 2.24) is 0 Å². The van der Waals surface area contributed by atoms with E-state index in [9.17, 15) is 20.1 Å². The number of aromatic carboxylic acids is 1. The summed E-state index contributed by atoms with van der Waals surface area (Å²) in [6, 6.07) is 6.10. The largest absolute Gasteiger partial charge is 0.478 e. The molecule has 148 valence electrons. The van der Waals surface area contributed by atoms with Gasteiger partial charge in [-0.15, -0.1) is 0 Å². The van der Waals surface area contributed by atoms with E-state index in [1.54, 1.807) is 12.1 Å². The van der Waals surface area contributed by atoms with Crippen molar-refractivity contribution in [2.24, 2.45) is 0 Å². The number of carboxylic acid groups (broad SMARTS) is 1. The van der Waals surface area contributed by atoms with Crippen LogP contribution in [0.2, 0.25) is 0 Å². The van der Waals surface area contributed by atoms with E-state index >= 15 is 0 Å². The molecular weight excluding hydrogens is 328 g/mol.